The van der Waals surface area contributed by atoms with Gasteiger partial charge in [-0.1, -0.05) is 13.8 Å². The molecule has 0 saturated carbocycles. The summed E-state index contributed by atoms with van der Waals surface area (Å²) in [7, 11) is -8.84. The Balaban J connectivity index is 6.17. The molecule has 37 heavy (non-hydrogen) atoms. The van der Waals surface area contributed by atoms with Gasteiger partial charge in [-0.2, -0.15) is 16.8 Å². The molecule has 0 fully saturated rings. The molecule has 12 nitrogen and oxygen atoms in total. The second-order valence-electron chi connectivity index (χ2n) is 12.0. The average molecular weight is 572 g/mol. The Morgan fingerprint density at radius 3 is 1.73 bits per heavy atom. The molecule has 0 saturated heterocycles. The fourth-order valence-corrected chi connectivity index (χ4v) is 6.32. The molecule has 3 unspecified atom stereocenters. The minimum absolute atomic E-state index is 0.0146. The van der Waals surface area contributed by atoms with E-state index in [0.29, 0.717) is 12.8 Å². The van der Waals surface area contributed by atoms with Crippen LogP contribution in [0, 0.1) is 11.8 Å². The topological polar surface area (TPSA) is 187 Å². The van der Waals surface area contributed by atoms with E-state index in [1.807, 2.05) is 20.8 Å². The molecule has 0 aliphatic heterocycles. The Hall–Kier alpha value is -1.77. The quantitative estimate of drug-likeness (QED) is 0.167. The standard InChI is InChI=1S/C23H45N3O9S2/c1-10-17(20(29)24-21(3,4)5)12-18(26(15-27)23(8,9)14-37(33,34)35)11-16(2)19(28)25-22(6,7)13-36(30,31)32/h15-18H,10-14H2,1-9H3,(H,24,29)(H,25,28)(H,30,31,32)(H,33,34,35). The summed E-state index contributed by atoms with van der Waals surface area (Å²) in [6.45, 7) is 14.6. The third-order valence-corrected chi connectivity index (χ3v) is 7.90. The van der Waals surface area contributed by atoms with E-state index in [1.54, 1.807) is 13.8 Å². The lowest BCUT2D eigenvalue weighted by Crippen LogP contribution is -2.55. The molecule has 0 aromatic carbocycles. The summed E-state index contributed by atoms with van der Waals surface area (Å²) in [6, 6.07) is -0.782. The number of nitrogens with one attached hydrogen (secondary N) is 2. The van der Waals surface area contributed by atoms with Gasteiger partial charge in [0.2, 0.25) is 18.2 Å². The monoisotopic (exact) mass is 571 g/mol. The molecular weight excluding hydrogens is 526 g/mol. The molecule has 14 heteroatoms. The van der Waals surface area contributed by atoms with Crippen molar-refractivity contribution in [1.29, 1.82) is 0 Å². The van der Waals surface area contributed by atoms with E-state index in [1.165, 1.54) is 32.6 Å². The zero-order valence-corrected chi connectivity index (χ0v) is 25.0. The van der Waals surface area contributed by atoms with E-state index in [0.717, 1.165) is 0 Å². The maximum absolute atomic E-state index is 12.9. The predicted molar refractivity (Wildman–Crippen MR) is 141 cm³/mol. The molecule has 0 bridgehead atoms. The lowest BCUT2D eigenvalue weighted by atomic mass is 9.87. The van der Waals surface area contributed by atoms with Crippen molar-refractivity contribution in [3.8, 4) is 0 Å². The first-order valence-electron chi connectivity index (χ1n) is 12.1. The summed E-state index contributed by atoms with van der Waals surface area (Å²) in [5.74, 6) is -3.65. The summed E-state index contributed by atoms with van der Waals surface area (Å²) in [5.41, 5.74) is -3.18. The molecular formula is C23H45N3O9S2. The van der Waals surface area contributed by atoms with E-state index in [-0.39, 0.29) is 18.7 Å². The van der Waals surface area contributed by atoms with Crippen LogP contribution in [-0.2, 0) is 34.6 Å². The van der Waals surface area contributed by atoms with E-state index in [9.17, 15) is 35.8 Å². The van der Waals surface area contributed by atoms with Crippen LogP contribution in [0.2, 0.25) is 0 Å². The lowest BCUT2D eigenvalue weighted by molar-refractivity contribution is -0.133. The van der Waals surface area contributed by atoms with Crippen LogP contribution < -0.4 is 10.6 Å². The van der Waals surface area contributed by atoms with E-state index >= 15 is 0 Å². The van der Waals surface area contributed by atoms with Gasteiger partial charge < -0.3 is 15.5 Å². The molecule has 0 aliphatic carbocycles. The van der Waals surface area contributed by atoms with Crippen molar-refractivity contribution in [3.05, 3.63) is 0 Å². The Morgan fingerprint density at radius 1 is 0.865 bits per heavy atom. The second-order valence-corrected chi connectivity index (χ2v) is 14.9. The highest BCUT2D eigenvalue weighted by Gasteiger charge is 2.39. The van der Waals surface area contributed by atoms with Gasteiger partial charge in [0.15, 0.2) is 0 Å². The molecule has 0 aromatic rings. The van der Waals surface area contributed by atoms with Crippen LogP contribution in [0.1, 0.15) is 81.6 Å². The molecule has 0 heterocycles. The van der Waals surface area contributed by atoms with Gasteiger partial charge in [-0.3, -0.25) is 23.5 Å². The number of amides is 3. The predicted octanol–water partition coefficient (Wildman–Crippen LogP) is 1.62. The van der Waals surface area contributed by atoms with Gasteiger partial charge in [0, 0.05) is 23.4 Å². The van der Waals surface area contributed by atoms with Crippen molar-refractivity contribution in [2.45, 2.75) is 104 Å². The summed E-state index contributed by atoms with van der Waals surface area (Å²) in [4.78, 5) is 39.3. The van der Waals surface area contributed by atoms with Crippen molar-refractivity contribution in [2.75, 3.05) is 11.5 Å². The SMILES string of the molecule is CCC(CC(CC(C)C(=O)NC(C)(C)CS(=O)(=O)O)N(C=O)C(C)(C)CS(=O)(=O)O)C(=O)NC(C)(C)C. The van der Waals surface area contributed by atoms with Gasteiger partial charge >= 0.3 is 0 Å². The van der Waals surface area contributed by atoms with Crippen LogP contribution >= 0.6 is 0 Å². The number of hydrogen-bond donors (Lipinski definition) is 4. The van der Waals surface area contributed by atoms with Gasteiger partial charge in [0.25, 0.3) is 20.2 Å². The largest absolute Gasteiger partial charge is 0.351 e. The first-order valence-corrected chi connectivity index (χ1v) is 15.3. The second kappa shape index (κ2) is 12.9. The molecule has 0 aromatic heterocycles. The zero-order chi connectivity index (χ0) is 29.6. The number of carbonyl (C=O) groups excluding carboxylic acids is 3. The molecule has 0 radical (unpaired) electrons. The van der Waals surface area contributed by atoms with Crippen molar-refractivity contribution in [2.24, 2.45) is 11.8 Å². The minimum atomic E-state index is -4.47. The normalized spacial score (nSPS) is 15.9. The molecule has 3 amide bonds. The van der Waals surface area contributed by atoms with E-state index in [4.69, 9.17) is 4.55 Å². The van der Waals surface area contributed by atoms with Gasteiger partial charge in [-0.25, -0.2) is 0 Å². The molecule has 3 atom stereocenters. The number of hydrogen-bond acceptors (Lipinski definition) is 7. The van der Waals surface area contributed by atoms with Gasteiger partial charge in [0.05, 0.1) is 22.6 Å². The Bertz CT molecular complexity index is 1020. The molecule has 0 rings (SSSR count). The first kappa shape index (κ1) is 35.2. The smallest absolute Gasteiger partial charge is 0.267 e. The lowest BCUT2D eigenvalue weighted by Gasteiger charge is -2.42. The van der Waals surface area contributed by atoms with Crippen LogP contribution in [0.4, 0.5) is 0 Å². The minimum Gasteiger partial charge on any atom is -0.351 e. The zero-order valence-electron chi connectivity index (χ0n) is 23.4. The van der Waals surface area contributed by atoms with Crippen molar-refractivity contribution in [1.82, 2.24) is 15.5 Å². The highest BCUT2D eigenvalue weighted by Crippen LogP contribution is 2.28. The van der Waals surface area contributed by atoms with E-state index < -0.39 is 72.1 Å². The average Bonchev–Trinajstić information content (AvgIpc) is 2.59. The first-order chi connectivity index (χ1) is 16.3. The van der Waals surface area contributed by atoms with Gasteiger partial charge in [-0.05, 0) is 67.7 Å². The summed E-state index contributed by atoms with van der Waals surface area (Å²) >= 11 is 0. The Morgan fingerprint density at radius 2 is 1.35 bits per heavy atom. The van der Waals surface area contributed by atoms with Crippen LogP contribution in [-0.4, -0.2) is 83.2 Å². The van der Waals surface area contributed by atoms with Gasteiger partial charge in [-0.15, -0.1) is 0 Å². The van der Waals surface area contributed by atoms with Crippen molar-refractivity contribution < 1.29 is 40.3 Å². The highest BCUT2D eigenvalue weighted by molar-refractivity contribution is 7.86. The fourth-order valence-electron chi connectivity index (χ4n) is 4.29. The fraction of sp³-hybridized carbons (Fsp3) is 0.870. The Labute approximate surface area is 221 Å². The third-order valence-electron chi connectivity index (χ3n) is 5.74. The van der Waals surface area contributed by atoms with Crippen LogP contribution in [0.15, 0.2) is 0 Å². The van der Waals surface area contributed by atoms with Crippen LogP contribution in [0.5, 0.6) is 0 Å². The number of carbonyl (C=O) groups is 3. The summed E-state index contributed by atoms with van der Waals surface area (Å²) in [6.07, 6.45) is 0.974. The molecule has 218 valence electrons. The molecule has 0 aliphatic rings. The highest BCUT2D eigenvalue weighted by atomic mass is 32.2. The summed E-state index contributed by atoms with van der Waals surface area (Å²) < 4.78 is 64.5. The number of nitrogens with zero attached hydrogens (tertiary/aromatic N) is 1. The Kier molecular flexibility index (Phi) is 12.2. The molecule has 0 spiro atoms. The van der Waals surface area contributed by atoms with Crippen molar-refractivity contribution in [3.63, 3.8) is 0 Å². The molecule has 4 N–H and O–H groups in total. The van der Waals surface area contributed by atoms with E-state index in [2.05, 4.69) is 10.6 Å². The summed E-state index contributed by atoms with van der Waals surface area (Å²) in [5, 5.41) is 5.47. The van der Waals surface area contributed by atoms with Crippen LogP contribution in [0.3, 0.4) is 0 Å². The number of rotatable bonds is 15. The van der Waals surface area contributed by atoms with Crippen LogP contribution in [0.25, 0.3) is 0 Å². The maximum Gasteiger partial charge on any atom is 0.267 e. The van der Waals surface area contributed by atoms with Crippen molar-refractivity contribution >= 4 is 38.5 Å². The maximum atomic E-state index is 12.9. The van der Waals surface area contributed by atoms with Gasteiger partial charge in [0.1, 0.15) is 0 Å². The third kappa shape index (κ3) is 14.1.